The summed E-state index contributed by atoms with van der Waals surface area (Å²) in [5.41, 5.74) is -0.118. The number of nitro benzene ring substituents is 1. The molecule has 16 heavy (non-hydrogen) atoms. The molecule has 0 unspecified atom stereocenters. The number of ether oxygens (including phenoxy) is 1. The molecule has 0 atom stereocenters. The van der Waals surface area contributed by atoms with Crippen LogP contribution in [0.4, 0.5) is 5.69 Å². The minimum atomic E-state index is -0.797. The van der Waals surface area contributed by atoms with Crippen LogP contribution in [-0.2, 0) is 10.6 Å². The molecular weight excluding hydrogens is 257 g/mol. The maximum absolute atomic E-state index is 11.3. The highest BCUT2D eigenvalue weighted by Gasteiger charge is 2.23. The van der Waals surface area contributed by atoms with E-state index in [1.165, 1.54) is 6.07 Å². The second kappa shape index (κ2) is 5.14. The number of nitrogens with zero attached hydrogens (tertiary/aromatic N) is 1. The topological polar surface area (TPSA) is 69.4 Å². The van der Waals surface area contributed by atoms with Crippen LogP contribution in [0.1, 0.15) is 15.9 Å². The van der Waals surface area contributed by atoms with Crippen LogP contribution in [0.2, 0.25) is 5.02 Å². The lowest BCUT2D eigenvalue weighted by Crippen LogP contribution is -2.06. The molecule has 0 spiro atoms. The maximum atomic E-state index is 11.3. The van der Waals surface area contributed by atoms with Crippen molar-refractivity contribution in [3.05, 3.63) is 38.4 Å². The standard InChI is InChI=1S/C9H7Cl2NO4/c1-16-9(13)6-2-5(4-10)7(11)3-8(6)12(14)15/h2-3H,4H2,1H3. The quantitative estimate of drug-likeness (QED) is 0.364. The number of hydrogen-bond donors (Lipinski definition) is 0. The van der Waals surface area contributed by atoms with Crippen LogP contribution in [0.3, 0.4) is 0 Å². The number of hydrogen-bond acceptors (Lipinski definition) is 4. The van der Waals surface area contributed by atoms with E-state index in [-0.39, 0.29) is 16.5 Å². The van der Waals surface area contributed by atoms with Crippen LogP contribution >= 0.6 is 23.2 Å². The molecule has 0 fully saturated rings. The lowest BCUT2D eigenvalue weighted by molar-refractivity contribution is -0.385. The molecule has 0 heterocycles. The van der Waals surface area contributed by atoms with Gasteiger partial charge >= 0.3 is 5.97 Å². The van der Waals surface area contributed by atoms with Gasteiger partial charge in [-0.15, -0.1) is 11.6 Å². The zero-order valence-corrected chi connectivity index (χ0v) is 9.71. The third-order valence-electron chi connectivity index (χ3n) is 1.91. The third-order valence-corrected chi connectivity index (χ3v) is 2.55. The zero-order valence-electron chi connectivity index (χ0n) is 8.20. The average Bonchev–Trinajstić information content (AvgIpc) is 2.27. The second-order valence-corrected chi connectivity index (χ2v) is 3.52. The summed E-state index contributed by atoms with van der Waals surface area (Å²) in [5.74, 6) is -0.740. The Morgan fingerprint density at radius 2 is 2.19 bits per heavy atom. The summed E-state index contributed by atoms with van der Waals surface area (Å²) in [6, 6.07) is 2.35. The Bertz CT molecular complexity index is 447. The predicted octanol–water partition coefficient (Wildman–Crippen LogP) is 2.77. The number of halogens is 2. The van der Waals surface area contributed by atoms with E-state index < -0.39 is 16.6 Å². The Hall–Kier alpha value is -1.33. The van der Waals surface area contributed by atoms with Crippen LogP contribution in [-0.4, -0.2) is 18.0 Å². The van der Waals surface area contributed by atoms with Gasteiger partial charge in [-0.25, -0.2) is 4.79 Å². The Morgan fingerprint density at radius 3 is 2.62 bits per heavy atom. The first-order valence-corrected chi connectivity index (χ1v) is 5.03. The fourth-order valence-corrected chi connectivity index (χ4v) is 1.65. The van der Waals surface area contributed by atoms with Crippen LogP contribution in [0.15, 0.2) is 12.1 Å². The summed E-state index contributed by atoms with van der Waals surface area (Å²) in [4.78, 5) is 21.3. The number of alkyl halides is 1. The molecule has 0 saturated carbocycles. The van der Waals surface area contributed by atoms with Crippen LogP contribution < -0.4 is 0 Å². The summed E-state index contributed by atoms with van der Waals surface area (Å²) in [6.45, 7) is 0. The summed E-state index contributed by atoms with van der Waals surface area (Å²) in [7, 11) is 1.14. The average molecular weight is 264 g/mol. The van der Waals surface area contributed by atoms with Crippen molar-refractivity contribution in [2.75, 3.05) is 7.11 Å². The predicted molar refractivity (Wildman–Crippen MR) is 59.0 cm³/mol. The number of rotatable bonds is 3. The van der Waals surface area contributed by atoms with Gasteiger partial charge in [-0.05, 0) is 11.6 Å². The molecule has 0 aliphatic carbocycles. The fraction of sp³-hybridized carbons (Fsp3) is 0.222. The van der Waals surface area contributed by atoms with E-state index in [9.17, 15) is 14.9 Å². The monoisotopic (exact) mass is 263 g/mol. The number of carbonyl (C=O) groups excluding carboxylic acids is 1. The van der Waals surface area contributed by atoms with Gasteiger partial charge < -0.3 is 4.74 Å². The van der Waals surface area contributed by atoms with E-state index >= 15 is 0 Å². The summed E-state index contributed by atoms with van der Waals surface area (Å²) in [6.07, 6.45) is 0. The third kappa shape index (κ3) is 2.43. The summed E-state index contributed by atoms with van der Waals surface area (Å²) in [5, 5.41) is 10.8. The van der Waals surface area contributed by atoms with Gasteiger partial charge in [0.2, 0.25) is 0 Å². The number of benzene rings is 1. The van der Waals surface area contributed by atoms with Crippen molar-refractivity contribution in [2.24, 2.45) is 0 Å². The van der Waals surface area contributed by atoms with Gasteiger partial charge in [-0.3, -0.25) is 10.1 Å². The van der Waals surface area contributed by atoms with E-state index in [2.05, 4.69) is 4.74 Å². The molecule has 5 nitrogen and oxygen atoms in total. The molecule has 0 aliphatic heterocycles. The molecule has 1 aromatic carbocycles. The number of nitro groups is 1. The van der Waals surface area contributed by atoms with E-state index in [1.807, 2.05) is 0 Å². The largest absolute Gasteiger partial charge is 0.465 e. The van der Waals surface area contributed by atoms with Crippen molar-refractivity contribution in [1.29, 1.82) is 0 Å². The molecule has 7 heteroatoms. The van der Waals surface area contributed by atoms with Crippen LogP contribution in [0.25, 0.3) is 0 Å². The van der Waals surface area contributed by atoms with Gasteiger partial charge in [0, 0.05) is 11.9 Å². The molecule has 1 aromatic rings. The number of esters is 1. The molecular formula is C9H7Cl2NO4. The highest BCUT2D eigenvalue weighted by molar-refractivity contribution is 6.32. The molecule has 1 rings (SSSR count). The fourth-order valence-electron chi connectivity index (χ4n) is 1.13. The smallest absolute Gasteiger partial charge is 0.344 e. The van der Waals surface area contributed by atoms with Crippen LogP contribution in [0.5, 0.6) is 0 Å². The van der Waals surface area contributed by atoms with Crippen LogP contribution in [0, 0.1) is 10.1 Å². The minimum absolute atomic E-state index is 0.0564. The Morgan fingerprint density at radius 1 is 1.56 bits per heavy atom. The first kappa shape index (κ1) is 12.7. The van der Waals surface area contributed by atoms with Crippen molar-refractivity contribution >= 4 is 34.9 Å². The molecule has 0 radical (unpaired) electrons. The summed E-state index contributed by atoms with van der Waals surface area (Å²) >= 11 is 11.3. The SMILES string of the molecule is COC(=O)c1cc(CCl)c(Cl)cc1[N+](=O)[O-]. The number of carbonyl (C=O) groups is 1. The van der Waals surface area contributed by atoms with Gasteiger partial charge in [-0.1, -0.05) is 11.6 Å². The number of methoxy groups -OCH3 is 1. The maximum Gasteiger partial charge on any atom is 0.344 e. The summed E-state index contributed by atoms with van der Waals surface area (Å²) < 4.78 is 4.44. The van der Waals surface area contributed by atoms with E-state index in [1.54, 1.807) is 0 Å². The molecule has 0 aromatic heterocycles. The highest BCUT2D eigenvalue weighted by Crippen LogP contribution is 2.28. The lowest BCUT2D eigenvalue weighted by atomic mass is 10.1. The van der Waals surface area contributed by atoms with E-state index in [0.29, 0.717) is 5.56 Å². The molecule has 0 aliphatic rings. The van der Waals surface area contributed by atoms with Gasteiger partial charge in [0.15, 0.2) is 0 Å². The molecule has 0 N–H and O–H groups in total. The van der Waals surface area contributed by atoms with Crippen molar-refractivity contribution in [1.82, 2.24) is 0 Å². The first-order valence-electron chi connectivity index (χ1n) is 4.12. The molecule has 0 bridgehead atoms. The normalized spacial score (nSPS) is 9.94. The Kier molecular flexibility index (Phi) is 4.09. The first-order chi connectivity index (χ1) is 7.51. The molecule has 0 amide bonds. The second-order valence-electron chi connectivity index (χ2n) is 2.84. The van der Waals surface area contributed by atoms with Crippen molar-refractivity contribution in [3.63, 3.8) is 0 Å². The Labute approximate surface area is 101 Å². The van der Waals surface area contributed by atoms with E-state index in [4.69, 9.17) is 23.2 Å². The van der Waals surface area contributed by atoms with E-state index in [0.717, 1.165) is 13.2 Å². The molecule has 86 valence electrons. The van der Waals surface area contributed by atoms with Crippen molar-refractivity contribution in [2.45, 2.75) is 5.88 Å². The molecule has 0 saturated heterocycles. The van der Waals surface area contributed by atoms with Gasteiger partial charge in [0.1, 0.15) is 5.56 Å². The Balaban J connectivity index is 3.42. The van der Waals surface area contributed by atoms with Crippen molar-refractivity contribution < 1.29 is 14.5 Å². The zero-order chi connectivity index (χ0) is 12.3. The lowest BCUT2D eigenvalue weighted by Gasteiger charge is -2.05. The van der Waals surface area contributed by atoms with Gasteiger partial charge in [-0.2, -0.15) is 0 Å². The van der Waals surface area contributed by atoms with Gasteiger partial charge in [0.05, 0.1) is 17.1 Å². The van der Waals surface area contributed by atoms with Crippen molar-refractivity contribution in [3.8, 4) is 0 Å². The minimum Gasteiger partial charge on any atom is -0.465 e. The highest BCUT2D eigenvalue weighted by atomic mass is 35.5. The van der Waals surface area contributed by atoms with Gasteiger partial charge in [0.25, 0.3) is 5.69 Å².